The van der Waals surface area contributed by atoms with Gasteiger partial charge in [0, 0.05) is 12.1 Å². The summed E-state index contributed by atoms with van der Waals surface area (Å²) in [5, 5.41) is 11.3. The van der Waals surface area contributed by atoms with E-state index in [0.717, 1.165) is 5.56 Å². The van der Waals surface area contributed by atoms with Gasteiger partial charge in [-0.05, 0) is 23.8 Å². The summed E-state index contributed by atoms with van der Waals surface area (Å²) < 4.78 is 5.46. The number of fused-ring (bicyclic) bond motifs is 1. The average molecular weight is 354 g/mol. The molecule has 0 aromatic heterocycles. The van der Waals surface area contributed by atoms with Crippen molar-refractivity contribution in [3.8, 4) is 5.75 Å². The Morgan fingerprint density at radius 3 is 2.62 bits per heavy atom. The number of amides is 2. The summed E-state index contributed by atoms with van der Waals surface area (Å²) >= 11 is 0. The van der Waals surface area contributed by atoms with Crippen LogP contribution in [0.2, 0.25) is 0 Å². The summed E-state index contributed by atoms with van der Waals surface area (Å²) in [7, 11) is 0. The Bertz CT molecular complexity index is 835. The quantitative estimate of drug-likeness (QED) is 0.830. The predicted molar refractivity (Wildman–Crippen MR) is 95.1 cm³/mol. The second-order valence-electron chi connectivity index (χ2n) is 5.88. The highest BCUT2D eigenvalue weighted by atomic mass is 16.5. The van der Waals surface area contributed by atoms with Gasteiger partial charge in [0.25, 0.3) is 5.91 Å². The van der Waals surface area contributed by atoms with Gasteiger partial charge in [-0.25, -0.2) is 0 Å². The highest BCUT2D eigenvalue weighted by Crippen LogP contribution is 2.35. The van der Waals surface area contributed by atoms with E-state index < -0.39 is 11.9 Å². The number of anilines is 2. The van der Waals surface area contributed by atoms with Crippen molar-refractivity contribution >= 4 is 29.2 Å². The van der Waals surface area contributed by atoms with Gasteiger partial charge in [0.2, 0.25) is 5.91 Å². The Balaban J connectivity index is 1.80. The van der Waals surface area contributed by atoms with Gasteiger partial charge in [0.05, 0.1) is 18.7 Å². The van der Waals surface area contributed by atoms with Gasteiger partial charge in [-0.1, -0.05) is 30.3 Å². The zero-order valence-electron chi connectivity index (χ0n) is 14.0. The first-order valence-electron chi connectivity index (χ1n) is 8.16. The Kier molecular flexibility index (Phi) is 5.17. The number of carbonyl (C=O) groups excluding carboxylic acids is 2. The van der Waals surface area contributed by atoms with Crippen molar-refractivity contribution in [2.24, 2.45) is 0 Å². The number of carboxylic acids is 1. The number of benzene rings is 2. The van der Waals surface area contributed by atoms with Crippen molar-refractivity contribution in [2.45, 2.75) is 19.4 Å². The third-order valence-corrected chi connectivity index (χ3v) is 3.94. The topological polar surface area (TPSA) is 95.9 Å². The molecule has 0 saturated carbocycles. The zero-order valence-corrected chi connectivity index (χ0v) is 14.0. The molecule has 0 spiro atoms. The maximum atomic E-state index is 12.3. The van der Waals surface area contributed by atoms with E-state index in [9.17, 15) is 14.4 Å². The third-order valence-electron chi connectivity index (χ3n) is 3.94. The lowest BCUT2D eigenvalue weighted by Gasteiger charge is -2.30. The van der Waals surface area contributed by atoms with Crippen LogP contribution in [0.5, 0.6) is 5.75 Å². The largest absolute Gasteiger partial charge is 0.482 e. The molecule has 0 bridgehead atoms. The highest BCUT2D eigenvalue weighted by Gasteiger charge is 2.26. The summed E-state index contributed by atoms with van der Waals surface area (Å²) in [5.74, 6) is -1.04. The lowest BCUT2D eigenvalue weighted by molar-refractivity contribution is -0.138. The van der Waals surface area contributed by atoms with Crippen LogP contribution >= 0.6 is 0 Å². The molecular weight excluding hydrogens is 336 g/mol. The Hall–Kier alpha value is -3.35. The van der Waals surface area contributed by atoms with E-state index in [-0.39, 0.29) is 25.4 Å². The predicted octanol–water partition coefficient (Wildman–Crippen LogP) is 2.42. The minimum atomic E-state index is -1.03. The molecule has 2 N–H and O–H groups in total. The maximum Gasteiger partial charge on any atom is 0.303 e. The number of nitrogens with one attached hydrogen (secondary N) is 1. The van der Waals surface area contributed by atoms with Crippen molar-refractivity contribution in [3.63, 3.8) is 0 Å². The molecule has 7 nitrogen and oxygen atoms in total. The van der Waals surface area contributed by atoms with Crippen LogP contribution in [-0.2, 0) is 20.9 Å². The van der Waals surface area contributed by atoms with Crippen LogP contribution < -0.4 is 15.0 Å². The Labute approximate surface area is 150 Å². The van der Waals surface area contributed by atoms with Gasteiger partial charge in [0.15, 0.2) is 6.61 Å². The number of aliphatic carboxylic acids is 1. The Morgan fingerprint density at radius 2 is 1.88 bits per heavy atom. The van der Waals surface area contributed by atoms with Crippen LogP contribution in [-0.4, -0.2) is 29.5 Å². The maximum absolute atomic E-state index is 12.3. The summed E-state index contributed by atoms with van der Waals surface area (Å²) in [4.78, 5) is 36.3. The van der Waals surface area contributed by atoms with E-state index >= 15 is 0 Å². The van der Waals surface area contributed by atoms with Gasteiger partial charge in [-0.15, -0.1) is 0 Å². The van der Waals surface area contributed by atoms with Gasteiger partial charge in [-0.2, -0.15) is 0 Å². The average Bonchev–Trinajstić information content (AvgIpc) is 2.63. The number of carbonyl (C=O) groups is 3. The molecule has 7 heteroatoms. The number of rotatable bonds is 6. The number of ether oxygens (including phenoxy) is 1. The molecule has 1 aliphatic rings. The third kappa shape index (κ3) is 4.18. The molecular formula is C19H18N2O5. The lowest BCUT2D eigenvalue weighted by atomic mass is 10.1. The molecule has 1 aliphatic heterocycles. The van der Waals surface area contributed by atoms with Crippen LogP contribution in [0, 0.1) is 0 Å². The Morgan fingerprint density at radius 1 is 1.12 bits per heavy atom. The van der Waals surface area contributed by atoms with Crippen molar-refractivity contribution in [3.05, 3.63) is 54.1 Å². The van der Waals surface area contributed by atoms with Crippen LogP contribution in [0.15, 0.2) is 48.5 Å². The van der Waals surface area contributed by atoms with Crippen LogP contribution in [0.3, 0.4) is 0 Å². The normalized spacial score (nSPS) is 12.9. The van der Waals surface area contributed by atoms with E-state index in [1.807, 2.05) is 30.3 Å². The van der Waals surface area contributed by atoms with E-state index in [0.29, 0.717) is 23.7 Å². The van der Waals surface area contributed by atoms with Crippen molar-refractivity contribution in [1.29, 1.82) is 0 Å². The molecule has 0 saturated heterocycles. The SMILES string of the molecule is O=C(O)CCC(=O)Nc1ccc2c(c1)N(Cc1ccccc1)C(=O)CO2. The molecule has 0 fully saturated rings. The number of hydrogen-bond acceptors (Lipinski definition) is 4. The molecule has 0 radical (unpaired) electrons. The van der Waals surface area contributed by atoms with E-state index in [2.05, 4.69) is 5.32 Å². The highest BCUT2D eigenvalue weighted by molar-refractivity contribution is 5.99. The smallest absolute Gasteiger partial charge is 0.303 e. The van der Waals surface area contributed by atoms with Gasteiger partial charge < -0.3 is 20.1 Å². The standard InChI is InChI=1S/C19H18N2O5/c22-17(8-9-19(24)25)20-14-6-7-16-15(10-14)21(18(23)12-26-16)11-13-4-2-1-3-5-13/h1-7,10H,8-9,11-12H2,(H,20,22)(H,24,25). The summed E-state index contributed by atoms with van der Waals surface area (Å²) in [6.45, 7) is 0.358. The molecule has 0 unspecified atom stereocenters. The van der Waals surface area contributed by atoms with E-state index in [1.165, 1.54) is 0 Å². The lowest BCUT2D eigenvalue weighted by Crippen LogP contribution is -2.38. The first kappa shape index (κ1) is 17.5. The van der Waals surface area contributed by atoms with Gasteiger partial charge in [-0.3, -0.25) is 14.4 Å². The number of carboxylic acid groups (broad SMARTS) is 1. The summed E-state index contributed by atoms with van der Waals surface area (Å²) in [5.41, 5.74) is 2.03. The minimum absolute atomic E-state index is 0.0375. The molecule has 2 amide bonds. The van der Waals surface area contributed by atoms with Crippen LogP contribution in [0.4, 0.5) is 11.4 Å². The zero-order chi connectivity index (χ0) is 18.5. The summed E-state index contributed by atoms with van der Waals surface area (Å²) in [6, 6.07) is 14.6. The molecule has 3 rings (SSSR count). The van der Waals surface area contributed by atoms with E-state index in [1.54, 1.807) is 23.1 Å². The van der Waals surface area contributed by atoms with Crippen molar-refractivity contribution in [2.75, 3.05) is 16.8 Å². The molecule has 0 aliphatic carbocycles. The summed E-state index contributed by atoms with van der Waals surface area (Å²) in [6.07, 6.45) is -0.353. The first-order valence-corrected chi connectivity index (χ1v) is 8.16. The second-order valence-corrected chi connectivity index (χ2v) is 5.88. The fourth-order valence-corrected chi connectivity index (χ4v) is 2.66. The molecule has 1 heterocycles. The molecule has 134 valence electrons. The second kappa shape index (κ2) is 7.69. The van der Waals surface area contributed by atoms with Crippen LogP contribution in [0.25, 0.3) is 0 Å². The van der Waals surface area contributed by atoms with Gasteiger partial charge >= 0.3 is 5.97 Å². The molecule has 2 aromatic rings. The minimum Gasteiger partial charge on any atom is -0.482 e. The van der Waals surface area contributed by atoms with Crippen LogP contribution in [0.1, 0.15) is 18.4 Å². The fraction of sp³-hybridized carbons (Fsp3) is 0.211. The fourth-order valence-electron chi connectivity index (χ4n) is 2.66. The van der Waals surface area contributed by atoms with Crippen molar-refractivity contribution < 1.29 is 24.2 Å². The molecule has 26 heavy (non-hydrogen) atoms. The van der Waals surface area contributed by atoms with Crippen molar-refractivity contribution in [1.82, 2.24) is 0 Å². The number of nitrogens with zero attached hydrogens (tertiary/aromatic N) is 1. The first-order chi connectivity index (χ1) is 12.5. The number of hydrogen-bond donors (Lipinski definition) is 2. The van der Waals surface area contributed by atoms with Gasteiger partial charge in [0.1, 0.15) is 5.75 Å². The monoisotopic (exact) mass is 354 g/mol. The molecule has 2 aromatic carbocycles. The van der Waals surface area contributed by atoms with E-state index in [4.69, 9.17) is 9.84 Å². The molecule has 0 atom stereocenters.